The molecule has 1 atom stereocenters. The number of aliphatic carboxylic acids is 1. The fourth-order valence-corrected chi connectivity index (χ4v) is 2.47. The quantitative estimate of drug-likeness (QED) is 0.681. The average molecular weight is 160 g/mol. The van der Waals surface area contributed by atoms with E-state index in [0.717, 1.165) is 6.42 Å². The molecule has 1 N–H and O–H groups in total. The van der Waals surface area contributed by atoms with Crippen LogP contribution in [0.4, 0.5) is 0 Å². The van der Waals surface area contributed by atoms with Gasteiger partial charge in [0, 0.05) is 6.42 Å². The predicted octanol–water partition coefficient (Wildman–Crippen LogP) is 1.60. The minimum atomic E-state index is -0.656. The second kappa shape index (κ2) is 3.86. The van der Waals surface area contributed by atoms with Gasteiger partial charge in [0.25, 0.3) is 0 Å². The number of thioether (sulfide) groups is 1. The van der Waals surface area contributed by atoms with E-state index in [1.807, 2.05) is 11.8 Å². The largest absolute Gasteiger partial charge is 0.481 e. The maximum Gasteiger partial charge on any atom is 0.303 e. The van der Waals surface area contributed by atoms with E-state index < -0.39 is 5.97 Å². The molecule has 1 heterocycles. The van der Waals surface area contributed by atoms with Gasteiger partial charge < -0.3 is 5.11 Å². The van der Waals surface area contributed by atoms with E-state index in [4.69, 9.17) is 5.11 Å². The normalized spacial score (nSPS) is 25.0. The highest BCUT2D eigenvalue weighted by atomic mass is 32.2. The van der Waals surface area contributed by atoms with Gasteiger partial charge in [0.05, 0.1) is 0 Å². The lowest BCUT2D eigenvalue weighted by atomic mass is 10.0. The minimum absolute atomic E-state index is 0.352. The Labute approximate surface area is 65.0 Å². The first-order valence-electron chi connectivity index (χ1n) is 3.58. The van der Waals surface area contributed by atoms with Crippen LogP contribution in [0.1, 0.15) is 19.3 Å². The monoisotopic (exact) mass is 160 g/mol. The van der Waals surface area contributed by atoms with Crippen LogP contribution in [0.15, 0.2) is 0 Å². The van der Waals surface area contributed by atoms with Gasteiger partial charge in [-0.2, -0.15) is 11.8 Å². The maximum absolute atomic E-state index is 10.1. The van der Waals surface area contributed by atoms with Gasteiger partial charge in [-0.3, -0.25) is 4.79 Å². The molecule has 3 heteroatoms. The summed E-state index contributed by atoms with van der Waals surface area (Å²) in [7, 11) is 0. The molecule has 1 aliphatic rings. The smallest absolute Gasteiger partial charge is 0.303 e. The van der Waals surface area contributed by atoms with Crippen molar-refractivity contribution in [2.75, 3.05) is 11.5 Å². The van der Waals surface area contributed by atoms with Gasteiger partial charge >= 0.3 is 5.97 Å². The zero-order chi connectivity index (χ0) is 7.40. The van der Waals surface area contributed by atoms with Crippen LogP contribution in [0.25, 0.3) is 0 Å². The molecule has 0 aromatic carbocycles. The summed E-state index contributed by atoms with van der Waals surface area (Å²) in [5, 5.41) is 8.37. The van der Waals surface area contributed by atoms with Gasteiger partial charge in [-0.15, -0.1) is 0 Å². The van der Waals surface area contributed by atoms with E-state index in [2.05, 4.69) is 0 Å². The van der Waals surface area contributed by atoms with Crippen LogP contribution < -0.4 is 0 Å². The molecular formula is C7H12O2S. The minimum Gasteiger partial charge on any atom is -0.481 e. The maximum atomic E-state index is 10.1. The number of rotatable bonds is 3. The highest BCUT2D eigenvalue weighted by molar-refractivity contribution is 7.99. The highest BCUT2D eigenvalue weighted by Gasteiger charge is 2.15. The molecule has 1 unspecified atom stereocenters. The van der Waals surface area contributed by atoms with Crippen molar-refractivity contribution in [2.45, 2.75) is 19.3 Å². The molecule has 0 spiro atoms. The number of hydrogen-bond acceptors (Lipinski definition) is 2. The first-order chi connectivity index (χ1) is 4.79. The molecule has 2 nitrogen and oxygen atoms in total. The van der Waals surface area contributed by atoms with Gasteiger partial charge in [-0.25, -0.2) is 0 Å². The van der Waals surface area contributed by atoms with Crippen LogP contribution in [-0.2, 0) is 4.79 Å². The lowest BCUT2D eigenvalue weighted by Crippen LogP contribution is -2.02. The Bertz CT molecular complexity index is 119. The molecule has 0 bridgehead atoms. The summed E-state index contributed by atoms with van der Waals surface area (Å²) in [5.41, 5.74) is 0. The second-order valence-corrected chi connectivity index (χ2v) is 3.81. The van der Waals surface area contributed by atoms with Crippen molar-refractivity contribution in [1.82, 2.24) is 0 Å². The molecule has 0 radical (unpaired) electrons. The Morgan fingerprint density at radius 2 is 2.50 bits per heavy atom. The molecule has 10 heavy (non-hydrogen) atoms. The SMILES string of the molecule is O=C(O)CCC1CCSC1. The van der Waals surface area contributed by atoms with Crippen molar-refractivity contribution >= 4 is 17.7 Å². The molecule has 0 aromatic heterocycles. The summed E-state index contributed by atoms with van der Waals surface area (Å²) in [4.78, 5) is 10.1. The highest BCUT2D eigenvalue weighted by Crippen LogP contribution is 2.26. The van der Waals surface area contributed by atoms with Crippen LogP contribution in [0.3, 0.4) is 0 Å². The Morgan fingerprint density at radius 3 is 3.00 bits per heavy atom. The third-order valence-corrected chi connectivity index (χ3v) is 3.02. The van der Waals surface area contributed by atoms with Crippen molar-refractivity contribution in [3.05, 3.63) is 0 Å². The fraction of sp³-hybridized carbons (Fsp3) is 0.857. The number of hydrogen-bond donors (Lipinski definition) is 1. The lowest BCUT2D eigenvalue weighted by molar-refractivity contribution is -0.137. The summed E-state index contributed by atoms with van der Waals surface area (Å²) >= 11 is 1.94. The molecule has 1 aliphatic heterocycles. The van der Waals surface area contributed by atoms with Gasteiger partial charge in [-0.1, -0.05) is 0 Å². The first kappa shape index (κ1) is 7.92. The second-order valence-electron chi connectivity index (χ2n) is 2.66. The van der Waals surface area contributed by atoms with Crippen molar-refractivity contribution in [2.24, 2.45) is 5.92 Å². The molecule has 0 aromatic rings. The van der Waals surface area contributed by atoms with E-state index >= 15 is 0 Å². The summed E-state index contributed by atoms with van der Waals surface area (Å²) in [6, 6.07) is 0. The summed E-state index contributed by atoms with van der Waals surface area (Å²) in [6.07, 6.45) is 2.45. The van der Waals surface area contributed by atoms with Crippen molar-refractivity contribution in [3.8, 4) is 0 Å². The van der Waals surface area contributed by atoms with Crippen molar-refractivity contribution in [3.63, 3.8) is 0 Å². The first-order valence-corrected chi connectivity index (χ1v) is 4.74. The molecule has 0 amide bonds. The molecule has 0 aliphatic carbocycles. The summed E-state index contributed by atoms with van der Waals surface area (Å²) in [6.45, 7) is 0. The van der Waals surface area contributed by atoms with Gasteiger partial charge in [-0.05, 0) is 30.3 Å². The van der Waals surface area contributed by atoms with E-state index in [1.165, 1.54) is 17.9 Å². The van der Waals surface area contributed by atoms with Crippen LogP contribution in [0.5, 0.6) is 0 Å². The standard InChI is InChI=1S/C7H12O2S/c8-7(9)2-1-6-3-4-10-5-6/h6H,1-5H2,(H,8,9). The molecular weight excluding hydrogens is 148 g/mol. The van der Waals surface area contributed by atoms with Crippen LogP contribution >= 0.6 is 11.8 Å². The average Bonchev–Trinajstić information content (AvgIpc) is 2.34. The van der Waals surface area contributed by atoms with E-state index in [9.17, 15) is 4.79 Å². The molecule has 1 saturated heterocycles. The van der Waals surface area contributed by atoms with E-state index in [0.29, 0.717) is 12.3 Å². The molecule has 58 valence electrons. The van der Waals surface area contributed by atoms with Crippen molar-refractivity contribution < 1.29 is 9.90 Å². The van der Waals surface area contributed by atoms with Crippen LogP contribution in [-0.4, -0.2) is 22.6 Å². The zero-order valence-electron chi connectivity index (χ0n) is 5.88. The van der Waals surface area contributed by atoms with E-state index in [1.54, 1.807) is 0 Å². The number of carboxylic acids is 1. The fourth-order valence-electron chi connectivity index (χ4n) is 1.14. The zero-order valence-corrected chi connectivity index (χ0v) is 6.69. The topological polar surface area (TPSA) is 37.3 Å². The molecule has 1 rings (SSSR count). The molecule has 0 saturated carbocycles. The van der Waals surface area contributed by atoms with Crippen LogP contribution in [0, 0.1) is 5.92 Å². The number of carboxylic acid groups (broad SMARTS) is 1. The summed E-state index contributed by atoms with van der Waals surface area (Å²) < 4.78 is 0. The van der Waals surface area contributed by atoms with Gasteiger partial charge in [0.15, 0.2) is 0 Å². The Morgan fingerprint density at radius 1 is 1.70 bits per heavy atom. The Balaban J connectivity index is 2.07. The lowest BCUT2D eigenvalue weighted by Gasteiger charge is -2.03. The Kier molecular flexibility index (Phi) is 3.06. The Hall–Kier alpha value is -0.180. The van der Waals surface area contributed by atoms with Gasteiger partial charge in [0.2, 0.25) is 0 Å². The van der Waals surface area contributed by atoms with Crippen molar-refractivity contribution in [1.29, 1.82) is 0 Å². The van der Waals surface area contributed by atoms with E-state index in [-0.39, 0.29) is 0 Å². The number of carbonyl (C=O) groups is 1. The summed E-state index contributed by atoms with van der Waals surface area (Å²) in [5.74, 6) is 2.43. The third kappa shape index (κ3) is 2.60. The van der Waals surface area contributed by atoms with Gasteiger partial charge in [0.1, 0.15) is 0 Å². The van der Waals surface area contributed by atoms with Crippen LogP contribution in [0.2, 0.25) is 0 Å². The predicted molar refractivity (Wildman–Crippen MR) is 42.3 cm³/mol. The molecule has 1 fully saturated rings. The third-order valence-electron chi connectivity index (χ3n) is 1.79.